The summed E-state index contributed by atoms with van der Waals surface area (Å²) in [5, 5.41) is 9.91. The Morgan fingerprint density at radius 2 is 2.22 bits per heavy atom. The van der Waals surface area contributed by atoms with Crippen LogP contribution in [-0.4, -0.2) is 33.7 Å². The maximum absolute atomic E-state index is 11.8. The van der Waals surface area contributed by atoms with E-state index in [1.165, 1.54) is 11.3 Å². The van der Waals surface area contributed by atoms with E-state index in [0.717, 1.165) is 26.0 Å². The van der Waals surface area contributed by atoms with E-state index in [2.05, 4.69) is 15.9 Å². The number of halogens is 1. The molecule has 1 fully saturated rings. The van der Waals surface area contributed by atoms with Crippen LogP contribution in [0.1, 0.15) is 4.88 Å². The minimum absolute atomic E-state index is 0.246. The molecule has 2 heterocycles. The minimum Gasteiger partial charge on any atom is -0.480 e. The second-order valence-electron chi connectivity index (χ2n) is 3.33. The molecular formula is C10H6BrNO4S2. The molecular weight excluding hydrogens is 342 g/mol. The van der Waals surface area contributed by atoms with E-state index < -0.39 is 23.7 Å². The standard InChI is InChI=1S/C10H6BrNO4S2/c11-5-1-6(17-4-5)2-7-9(15)12(3-8(13)14)10(16)18-7/h1-2,4H,3H2,(H,13,14)/b7-2+. The number of amides is 2. The molecule has 1 aliphatic heterocycles. The van der Waals surface area contributed by atoms with Crippen LogP contribution in [0, 0.1) is 0 Å². The lowest BCUT2D eigenvalue weighted by Crippen LogP contribution is -2.33. The van der Waals surface area contributed by atoms with Gasteiger partial charge in [0.15, 0.2) is 0 Å². The Kier molecular flexibility index (Phi) is 3.88. The van der Waals surface area contributed by atoms with E-state index in [9.17, 15) is 14.4 Å². The molecule has 0 spiro atoms. The van der Waals surface area contributed by atoms with Gasteiger partial charge in [0.1, 0.15) is 6.54 Å². The first-order chi connectivity index (χ1) is 8.47. The normalized spacial score (nSPS) is 17.8. The molecule has 0 saturated carbocycles. The van der Waals surface area contributed by atoms with Gasteiger partial charge in [-0.25, -0.2) is 0 Å². The average Bonchev–Trinajstić information content (AvgIpc) is 2.78. The SMILES string of the molecule is O=C(O)CN1C(=O)S/C(=C/c2cc(Br)cs2)C1=O. The zero-order valence-corrected chi connectivity index (χ0v) is 12.0. The van der Waals surface area contributed by atoms with Crippen LogP contribution in [0.25, 0.3) is 6.08 Å². The monoisotopic (exact) mass is 347 g/mol. The average molecular weight is 348 g/mol. The summed E-state index contributed by atoms with van der Waals surface area (Å²) < 4.78 is 0.892. The summed E-state index contributed by atoms with van der Waals surface area (Å²) in [5.74, 6) is -1.77. The zero-order valence-electron chi connectivity index (χ0n) is 8.75. The molecule has 1 aliphatic rings. The first kappa shape index (κ1) is 13.3. The molecule has 0 aliphatic carbocycles. The van der Waals surface area contributed by atoms with Crippen molar-refractivity contribution in [1.82, 2.24) is 4.90 Å². The number of carboxylic acids is 1. The van der Waals surface area contributed by atoms with Crippen LogP contribution in [0.2, 0.25) is 0 Å². The summed E-state index contributed by atoms with van der Waals surface area (Å²) in [4.78, 5) is 35.6. The molecule has 1 aromatic heterocycles. The topological polar surface area (TPSA) is 74.7 Å². The van der Waals surface area contributed by atoms with E-state index in [4.69, 9.17) is 5.11 Å². The Bertz CT molecular complexity index is 566. The van der Waals surface area contributed by atoms with Crippen LogP contribution in [-0.2, 0) is 9.59 Å². The van der Waals surface area contributed by atoms with Gasteiger partial charge in [-0.15, -0.1) is 11.3 Å². The zero-order chi connectivity index (χ0) is 13.3. The fourth-order valence-corrected chi connectivity index (χ4v) is 3.58. The molecule has 1 saturated heterocycles. The molecule has 1 aromatic rings. The van der Waals surface area contributed by atoms with Gasteiger partial charge in [0.05, 0.1) is 4.91 Å². The largest absolute Gasteiger partial charge is 0.480 e. The first-order valence-electron chi connectivity index (χ1n) is 4.68. The lowest BCUT2D eigenvalue weighted by atomic mass is 10.3. The number of hydrogen-bond donors (Lipinski definition) is 1. The van der Waals surface area contributed by atoms with Crippen molar-refractivity contribution in [3.05, 3.63) is 25.7 Å². The van der Waals surface area contributed by atoms with E-state index in [1.54, 1.807) is 6.08 Å². The quantitative estimate of drug-likeness (QED) is 0.850. The van der Waals surface area contributed by atoms with Crippen LogP contribution in [0.15, 0.2) is 20.8 Å². The highest BCUT2D eigenvalue weighted by atomic mass is 79.9. The Hall–Kier alpha value is -1.12. The predicted molar refractivity (Wildman–Crippen MR) is 72.3 cm³/mol. The Morgan fingerprint density at radius 3 is 2.78 bits per heavy atom. The summed E-state index contributed by atoms with van der Waals surface area (Å²) in [6.07, 6.45) is 1.59. The lowest BCUT2D eigenvalue weighted by Gasteiger charge is -2.07. The highest BCUT2D eigenvalue weighted by Crippen LogP contribution is 2.33. The lowest BCUT2D eigenvalue weighted by molar-refractivity contribution is -0.140. The molecule has 0 unspecified atom stereocenters. The van der Waals surface area contributed by atoms with Crippen molar-refractivity contribution in [2.24, 2.45) is 0 Å². The summed E-state index contributed by atoms with van der Waals surface area (Å²) in [6.45, 7) is -0.601. The number of thiophene rings is 1. The van der Waals surface area contributed by atoms with Gasteiger partial charge in [-0.05, 0) is 39.8 Å². The summed E-state index contributed by atoms with van der Waals surface area (Å²) in [6, 6.07) is 1.82. The van der Waals surface area contributed by atoms with Crippen molar-refractivity contribution in [3.63, 3.8) is 0 Å². The van der Waals surface area contributed by atoms with Gasteiger partial charge >= 0.3 is 5.97 Å². The second kappa shape index (κ2) is 5.25. The van der Waals surface area contributed by atoms with Gasteiger partial charge in [-0.3, -0.25) is 19.3 Å². The number of hydrogen-bond acceptors (Lipinski definition) is 5. The molecule has 18 heavy (non-hydrogen) atoms. The van der Waals surface area contributed by atoms with Crippen LogP contribution in [0.3, 0.4) is 0 Å². The second-order valence-corrected chi connectivity index (χ2v) is 6.18. The minimum atomic E-state index is -1.21. The molecule has 94 valence electrons. The fraction of sp³-hybridized carbons (Fsp3) is 0.100. The summed E-state index contributed by atoms with van der Waals surface area (Å²) in [5.41, 5.74) is 0. The Balaban J connectivity index is 2.22. The number of thioether (sulfide) groups is 1. The fourth-order valence-electron chi connectivity index (χ4n) is 1.30. The molecule has 0 radical (unpaired) electrons. The van der Waals surface area contributed by atoms with E-state index in [1.807, 2.05) is 11.4 Å². The van der Waals surface area contributed by atoms with E-state index >= 15 is 0 Å². The van der Waals surface area contributed by atoms with Crippen molar-refractivity contribution < 1.29 is 19.5 Å². The van der Waals surface area contributed by atoms with Crippen molar-refractivity contribution in [2.75, 3.05) is 6.54 Å². The Morgan fingerprint density at radius 1 is 1.50 bits per heavy atom. The van der Waals surface area contributed by atoms with Gasteiger partial charge in [0.2, 0.25) is 0 Å². The highest BCUT2D eigenvalue weighted by molar-refractivity contribution is 9.10. The number of nitrogens with zero attached hydrogens (tertiary/aromatic N) is 1. The first-order valence-corrected chi connectivity index (χ1v) is 7.17. The molecule has 1 N–H and O–H groups in total. The molecule has 5 nitrogen and oxygen atoms in total. The maximum atomic E-state index is 11.8. The third kappa shape index (κ3) is 2.82. The molecule has 0 bridgehead atoms. The third-order valence-corrected chi connectivity index (χ3v) is 4.58. The van der Waals surface area contributed by atoms with Gasteiger partial charge < -0.3 is 5.11 Å². The van der Waals surface area contributed by atoms with Crippen LogP contribution in [0.5, 0.6) is 0 Å². The van der Waals surface area contributed by atoms with E-state index in [0.29, 0.717) is 0 Å². The smallest absolute Gasteiger partial charge is 0.323 e. The highest BCUT2D eigenvalue weighted by Gasteiger charge is 2.36. The van der Waals surface area contributed by atoms with Gasteiger partial charge in [0, 0.05) is 14.7 Å². The molecule has 0 atom stereocenters. The predicted octanol–water partition coefficient (Wildman–Crippen LogP) is 2.63. The number of imide groups is 1. The van der Waals surface area contributed by atoms with Crippen LogP contribution in [0.4, 0.5) is 4.79 Å². The number of carbonyl (C=O) groups is 3. The van der Waals surface area contributed by atoms with Crippen molar-refractivity contribution >= 4 is 62.2 Å². The van der Waals surface area contributed by atoms with Crippen LogP contribution >= 0.6 is 39.0 Å². The molecule has 8 heteroatoms. The number of aliphatic carboxylic acids is 1. The number of carboxylic acid groups (broad SMARTS) is 1. The van der Waals surface area contributed by atoms with Crippen LogP contribution < -0.4 is 0 Å². The molecule has 0 aromatic carbocycles. The van der Waals surface area contributed by atoms with Crippen molar-refractivity contribution in [3.8, 4) is 0 Å². The summed E-state index contributed by atoms with van der Waals surface area (Å²) in [7, 11) is 0. The van der Waals surface area contributed by atoms with Gasteiger partial charge in [-0.2, -0.15) is 0 Å². The Labute approximate surface area is 119 Å². The van der Waals surface area contributed by atoms with E-state index in [-0.39, 0.29) is 4.91 Å². The number of carbonyl (C=O) groups excluding carboxylic acids is 2. The van der Waals surface area contributed by atoms with Gasteiger partial charge in [0.25, 0.3) is 11.1 Å². The number of rotatable bonds is 3. The van der Waals surface area contributed by atoms with Crippen molar-refractivity contribution in [1.29, 1.82) is 0 Å². The van der Waals surface area contributed by atoms with Crippen molar-refractivity contribution in [2.45, 2.75) is 0 Å². The third-order valence-electron chi connectivity index (χ3n) is 2.03. The molecule has 2 amide bonds. The summed E-state index contributed by atoms with van der Waals surface area (Å²) >= 11 is 5.46. The molecule has 2 rings (SSSR count). The maximum Gasteiger partial charge on any atom is 0.323 e. The van der Waals surface area contributed by atoms with Gasteiger partial charge in [-0.1, -0.05) is 0 Å².